The second-order valence-corrected chi connectivity index (χ2v) is 6.27. The van der Waals surface area contributed by atoms with Crippen molar-refractivity contribution < 1.29 is 18.3 Å². The molecule has 1 aliphatic heterocycles. The van der Waals surface area contributed by atoms with Gasteiger partial charge in [0.1, 0.15) is 0 Å². The van der Waals surface area contributed by atoms with Crippen molar-refractivity contribution in [1.82, 2.24) is 5.32 Å². The smallest absolute Gasteiger partial charge is 0.384 e. The van der Waals surface area contributed by atoms with E-state index in [4.69, 9.17) is 23.2 Å². The van der Waals surface area contributed by atoms with Gasteiger partial charge < -0.3 is 10.4 Å². The van der Waals surface area contributed by atoms with Crippen LogP contribution in [0, 0.1) is 0 Å². The van der Waals surface area contributed by atoms with Crippen LogP contribution >= 0.6 is 23.2 Å². The normalized spacial score (nSPS) is 24.9. The molecule has 21 heavy (non-hydrogen) atoms. The summed E-state index contributed by atoms with van der Waals surface area (Å²) in [5, 5.41) is 13.3. The van der Waals surface area contributed by atoms with E-state index in [0.29, 0.717) is 28.6 Å². The molecule has 2 N–H and O–H groups in total. The van der Waals surface area contributed by atoms with Gasteiger partial charge in [-0.2, -0.15) is 13.2 Å². The lowest BCUT2D eigenvalue weighted by atomic mass is 9.71. The molecule has 1 saturated heterocycles. The maximum Gasteiger partial charge on any atom is 0.414 e. The first-order valence-corrected chi connectivity index (χ1v) is 7.41. The van der Waals surface area contributed by atoms with E-state index in [0.717, 1.165) is 13.0 Å². The summed E-state index contributed by atoms with van der Waals surface area (Å²) in [5.41, 5.74) is -0.117. The molecule has 0 aliphatic carbocycles. The van der Waals surface area contributed by atoms with Gasteiger partial charge in [-0.1, -0.05) is 29.3 Å². The molecular weight excluding hydrogens is 326 g/mol. The van der Waals surface area contributed by atoms with Gasteiger partial charge in [-0.05, 0) is 43.5 Å². The monoisotopic (exact) mass is 341 g/mol. The minimum Gasteiger partial charge on any atom is -0.384 e. The second kappa shape index (κ2) is 6.32. The Balaban J connectivity index is 2.34. The van der Waals surface area contributed by atoms with Crippen LogP contribution in [-0.4, -0.2) is 30.5 Å². The van der Waals surface area contributed by atoms with Crippen molar-refractivity contribution in [2.45, 2.75) is 37.0 Å². The summed E-state index contributed by atoms with van der Waals surface area (Å²) in [7, 11) is 0. The third-order valence-electron chi connectivity index (χ3n) is 3.97. The van der Waals surface area contributed by atoms with Crippen molar-refractivity contribution in [2.24, 2.45) is 0 Å². The number of alkyl halides is 3. The zero-order valence-electron chi connectivity index (χ0n) is 11.2. The highest BCUT2D eigenvalue weighted by molar-refractivity contribution is 6.42. The van der Waals surface area contributed by atoms with Gasteiger partial charge >= 0.3 is 6.18 Å². The van der Waals surface area contributed by atoms with Gasteiger partial charge in [-0.15, -0.1) is 0 Å². The Bertz CT molecular complexity index is 501. The largest absolute Gasteiger partial charge is 0.414 e. The van der Waals surface area contributed by atoms with Crippen molar-refractivity contribution in [3.05, 3.63) is 33.8 Å². The van der Waals surface area contributed by atoms with Crippen molar-refractivity contribution in [3.63, 3.8) is 0 Å². The summed E-state index contributed by atoms with van der Waals surface area (Å²) < 4.78 is 38.1. The number of aliphatic hydroxyl groups excluding tert-OH is 1. The molecule has 1 aromatic rings. The van der Waals surface area contributed by atoms with Crippen LogP contribution in [0.5, 0.6) is 0 Å². The van der Waals surface area contributed by atoms with E-state index in [1.54, 1.807) is 18.2 Å². The number of benzene rings is 1. The maximum absolute atomic E-state index is 12.7. The van der Waals surface area contributed by atoms with Crippen molar-refractivity contribution in [1.29, 1.82) is 0 Å². The lowest BCUT2D eigenvalue weighted by molar-refractivity contribution is -0.210. The number of rotatable bonds is 3. The van der Waals surface area contributed by atoms with Crippen LogP contribution in [-0.2, 0) is 5.41 Å². The maximum atomic E-state index is 12.7. The van der Waals surface area contributed by atoms with E-state index in [1.807, 2.05) is 0 Å². The Kier molecular flexibility index (Phi) is 5.08. The first-order valence-electron chi connectivity index (χ1n) is 6.66. The third kappa shape index (κ3) is 3.83. The van der Waals surface area contributed by atoms with Crippen LogP contribution in [0.4, 0.5) is 13.2 Å². The van der Waals surface area contributed by atoms with Crippen molar-refractivity contribution in [2.75, 3.05) is 13.1 Å². The van der Waals surface area contributed by atoms with Crippen LogP contribution in [0.3, 0.4) is 0 Å². The molecule has 7 heteroatoms. The molecule has 0 amide bonds. The number of aliphatic hydroxyl groups is 1. The molecular formula is C14H16Cl2F3NO. The molecule has 0 aromatic heterocycles. The first kappa shape index (κ1) is 16.9. The highest BCUT2D eigenvalue weighted by Crippen LogP contribution is 2.40. The molecule has 1 aromatic carbocycles. The lowest BCUT2D eigenvalue weighted by Gasteiger charge is -2.40. The van der Waals surface area contributed by atoms with E-state index >= 15 is 0 Å². The molecule has 1 fully saturated rings. The third-order valence-corrected chi connectivity index (χ3v) is 4.71. The number of halogens is 5. The fourth-order valence-corrected chi connectivity index (χ4v) is 3.12. The van der Waals surface area contributed by atoms with Gasteiger partial charge in [0.25, 0.3) is 0 Å². The summed E-state index contributed by atoms with van der Waals surface area (Å²) in [5.74, 6) is 0. The van der Waals surface area contributed by atoms with Gasteiger partial charge in [0.05, 0.1) is 10.0 Å². The van der Waals surface area contributed by atoms with Gasteiger partial charge in [0.15, 0.2) is 6.10 Å². The summed E-state index contributed by atoms with van der Waals surface area (Å²) in [6.45, 7) is 1.13. The number of hydrogen-bond donors (Lipinski definition) is 2. The Morgan fingerprint density at radius 1 is 1.29 bits per heavy atom. The van der Waals surface area contributed by atoms with E-state index < -0.39 is 17.7 Å². The summed E-state index contributed by atoms with van der Waals surface area (Å²) in [4.78, 5) is 0. The molecule has 1 heterocycles. The standard InChI is InChI=1S/C14H16Cl2F3NO/c15-10-3-2-9(6-11(10)16)13(4-1-5-20-8-13)7-12(21)14(17,18)19/h2-3,6,12,20-21H,1,4-5,7-8H2/t12?,13-/m1/s1. The number of hydrogen-bond acceptors (Lipinski definition) is 2. The fourth-order valence-electron chi connectivity index (χ4n) is 2.82. The average molecular weight is 342 g/mol. The second-order valence-electron chi connectivity index (χ2n) is 5.45. The molecule has 2 nitrogen and oxygen atoms in total. The molecule has 118 valence electrons. The molecule has 1 unspecified atom stereocenters. The van der Waals surface area contributed by atoms with Crippen LogP contribution in [0.25, 0.3) is 0 Å². The van der Waals surface area contributed by atoms with Gasteiger partial charge in [-0.3, -0.25) is 0 Å². The highest BCUT2D eigenvalue weighted by atomic mass is 35.5. The Hall–Kier alpha value is -0.490. The Morgan fingerprint density at radius 3 is 2.52 bits per heavy atom. The van der Waals surface area contributed by atoms with Gasteiger partial charge in [-0.25, -0.2) is 0 Å². The zero-order chi connectivity index (χ0) is 15.7. The van der Waals surface area contributed by atoms with Gasteiger partial charge in [0, 0.05) is 12.0 Å². The van der Waals surface area contributed by atoms with Crippen LogP contribution < -0.4 is 5.32 Å². The molecule has 0 radical (unpaired) electrons. The Labute approximate surface area is 131 Å². The summed E-state index contributed by atoms with van der Waals surface area (Å²) >= 11 is 11.9. The van der Waals surface area contributed by atoms with Gasteiger partial charge in [0.2, 0.25) is 0 Å². The van der Waals surface area contributed by atoms with Crippen LogP contribution in [0.15, 0.2) is 18.2 Å². The van der Waals surface area contributed by atoms with Crippen molar-refractivity contribution >= 4 is 23.2 Å². The molecule has 2 atom stereocenters. The SMILES string of the molecule is OC(C[C@]1(c2ccc(Cl)c(Cl)c2)CCCNC1)C(F)(F)F. The highest BCUT2D eigenvalue weighted by Gasteiger charge is 2.45. The fraction of sp³-hybridized carbons (Fsp3) is 0.571. The molecule has 0 spiro atoms. The molecule has 0 bridgehead atoms. The molecule has 0 saturated carbocycles. The summed E-state index contributed by atoms with van der Waals surface area (Å²) in [6, 6.07) is 4.86. The van der Waals surface area contributed by atoms with E-state index in [9.17, 15) is 18.3 Å². The predicted octanol–water partition coefficient (Wildman–Crippen LogP) is 3.93. The zero-order valence-corrected chi connectivity index (χ0v) is 12.7. The number of piperidine rings is 1. The minimum atomic E-state index is -4.62. The topological polar surface area (TPSA) is 32.3 Å². The summed E-state index contributed by atoms with van der Waals surface area (Å²) in [6.07, 6.45) is -6.07. The van der Waals surface area contributed by atoms with Crippen molar-refractivity contribution in [3.8, 4) is 0 Å². The van der Waals surface area contributed by atoms with E-state index in [-0.39, 0.29) is 6.42 Å². The number of nitrogens with one attached hydrogen (secondary N) is 1. The van der Waals surface area contributed by atoms with Crippen LogP contribution in [0.1, 0.15) is 24.8 Å². The predicted molar refractivity (Wildman–Crippen MR) is 76.9 cm³/mol. The average Bonchev–Trinajstić information content (AvgIpc) is 2.41. The van der Waals surface area contributed by atoms with E-state index in [1.165, 1.54) is 0 Å². The lowest BCUT2D eigenvalue weighted by Crippen LogP contribution is -2.47. The molecule has 1 aliphatic rings. The first-order chi connectivity index (χ1) is 9.74. The van der Waals surface area contributed by atoms with Crippen LogP contribution in [0.2, 0.25) is 10.0 Å². The Morgan fingerprint density at radius 2 is 2.00 bits per heavy atom. The quantitative estimate of drug-likeness (QED) is 0.873. The molecule has 2 rings (SSSR count). The van der Waals surface area contributed by atoms with E-state index in [2.05, 4.69) is 5.32 Å². The minimum absolute atomic E-state index is 0.306.